The van der Waals surface area contributed by atoms with Gasteiger partial charge >= 0.3 is 5.97 Å². The van der Waals surface area contributed by atoms with E-state index in [0.717, 1.165) is 0 Å². The van der Waals surface area contributed by atoms with Crippen molar-refractivity contribution in [3.8, 4) is 0 Å². The molecule has 0 bridgehead atoms. The maximum Gasteiger partial charge on any atom is 0.316 e. The van der Waals surface area contributed by atoms with Gasteiger partial charge in [-0.25, -0.2) is 4.98 Å². The molecule has 3 rings (SSSR count). The van der Waals surface area contributed by atoms with Crippen molar-refractivity contribution in [2.75, 3.05) is 7.11 Å². The molecule has 0 aliphatic heterocycles. The first-order valence-corrected chi connectivity index (χ1v) is 8.40. The Morgan fingerprint density at radius 1 is 1.38 bits per heavy atom. The number of benzene rings is 1. The van der Waals surface area contributed by atoms with Gasteiger partial charge in [0.05, 0.1) is 22.4 Å². The Hall–Kier alpha value is -3.04. The van der Waals surface area contributed by atoms with E-state index in [9.17, 15) is 20.0 Å². The van der Waals surface area contributed by atoms with Crippen LogP contribution in [-0.2, 0) is 15.1 Å². The van der Waals surface area contributed by atoms with Gasteiger partial charge in [-0.3, -0.25) is 14.9 Å². The fraction of sp³-hybridized carbons (Fsp3) is 0.176. The highest BCUT2D eigenvalue weighted by Crippen LogP contribution is 2.46. The van der Waals surface area contributed by atoms with Crippen molar-refractivity contribution in [3.05, 3.63) is 80.7 Å². The number of nitro groups is 1. The molecule has 1 aromatic carbocycles. The number of nitro benzene ring substituents is 1. The van der Waals surface area contributed by atoms with E-state index in [0.29, 0.717) is 11.3 Å². The molecule has 0 fully saturated rings. The van der Waals surface area contributed by atoms with E-state index >= 15 is 0 Å². The van der Waals surface area contributed by atoms with Crippen LogP contribution in [0.25, 0.3) is 0 Å². The van der Waals surface area contributed by atoms with E-state index in [1.807, 2.05) is 0 Å². The number of aromatic nitrogens is 1. The summed E-state index contributed by atoms with van der Waals surface area (Å²) >= 11 is 1.26. The number of aliphatic carboxylic acids is 1. The monoisotopic (exact) mass is 374 g/mol. The van der Waals surface area contributed by atoms with Gasteiger partial charge in [0, 0.05) is 24.6 Å². The summed E-state index contributed by atoms with van der Waals surface area (Å²) in [6.45, 7) is 0. The largest absolute Gasteiger partial charge is 0.481 e. The van der Waals surface area contributed by atoms with Gasteiger partial charge in [0.25, 0.3) is 5.69 Å². The highest BCUT2D eigenvalue weighted by Gasteiger charge is 2.51. The molecule has 3 aromatic rings. The van der Waals surface area contributed by atoms with Gasteiger partial charge in [-0.05, 0) is 29.8 Å². The number of non-ortho nitro benzene ring substituents is 1. The van der Waals surface area contributed by atoms with Crippen LogP contribution in [-0.4, -0.2) is 28.1 Å². The van der Waals surface area contributed by atoms with E-state index in [1.165, 1.54) is 54.5 Å². The Morgan fingerprint density at radius 2 is 2.12 bits per heavy atom. The maximum absolute atomic E-state index is 12.2. The summed E-state index contributed by atoms with van der Waals surface area (Å²) in [7, 11) is 1.37. The lowest BCUT2D eigenvalue weighted by molar-refractivity contribution is -0.384. The first-order valence-electron chi connectivity index (χ1n) is 7.45. The maximum atomic E-state index is 12.2. The lowest BCUT2D eigenvalue weighted by Gasteiger charge is -2.35. The molecule has 0 amide bonds. The lowest BCUT2D eigenvalue weighted by Crippen LogP contribution is -2.41. The van der Waals surface area contributed by atoms with Gasteiger partial charge < -0.3 is 14.3 Å². The first-order chi connectivity index (χ1) is 12.5. The Balaban J connectivity index is 2.25. The SMILES string of the molecule is COC(c1ccc([N+](=O)[O-])cc1)(c1ccco1)C(C(=O)O)c1cscn1. The smallest absolute Gasteiger partial charge is 0.316 e. The molecule has 2 aromatic heterocycles. The summed E-state index contributed by atoms with van der Waals surface area (Å²) in [5, 5.41) is 22.5. The van der Waals surface area contributed by atoms with Crippen LogP contribution < -0.4 is 0 Å². The number of nitrogens with zero attached hydrogens (tertiary/aromatic N) is 2. The van der Waals surface area contributed by atoms with Gasteiger partial charge in [0.15, 0.2) is 5.60 Å². The molecule has 0 aliphatic rings. The summed E-state index contributed by atoms with van der Waals surface area (Å²) in [5.74, 6) is -2.12. The molecule has 0 aliphatic carbocycles. The second kappa shape index (κ2) is 7.06. The van der Waals surface area contributed by atoms with Gasteiger partial charge in [-0.15, -0.1) is 11.3 Å². The van der Waals surface area contributed by atoms with Gasteiger partial charge in [-0.2, -0.15) is 0 Å². The molecule has 0 saturated heterocycles. The van der Waals surface area contributed by atoms with Gasteiger partial charge in [-0.1, -0.05) is 0 Å². The third-order valence-electron chi connectivity index (χ3n) is 4.12. The Labute approximate surface area is 151 Å². The van der Waals surface area contributed by atoms with Crippen LogP contribution in [0.15, 0.2) is 58.0 Å². The number of carboxylic acid groups (broad SMARTS) is 1. The number of ether oxygens (including phenoxy) is 1. The van der Waals surface area contributed by atoms with Crippen LogP contribution in [0.4, 0.5) is 5.69 Å². The summed E-state index contributed by atoms with van der Waals surface area (Å²) in [5.41, 5.74) is 0.584. The minimum atomic E-state index is -1.54. The highest BCUT2D eigenvalue weighted by molar-refractivity contribution is 7.07. The van der Waals surface area contributed by atoms with Crippen LogP contribution in [0, 0.1) is 10.1 Å². The van der Waals surface area contributed by atoms with Crippen LogP contribution in [0.3, 0.4) is 0 Å². The lowest BCUT2D eigenvalue weighted by atomic mass is 9.77. The molecule has 0 saturated carbocycles. The predicted octanol–water partition coefficient (Wildman–Crippen LogP) is 3.40. The molecule has 26 heavy (non-hydrogen) atoms. The number of methoxy groups -OCH3 is 1. The second-order valence-corrected chi connectivity index (χ2v) is 6.12. The summed E-state index contributed by atoms with van der Waals surface area (Å²) in [6.07, 6.45) is 1.41. The fourth-order valence-corrected chi connectivity index (χ4v) is 3.56. The van der Waals surface area contributed by atoms with Crippen molar-refractivity contribution in [2.45, 2.75) is 11.5 Å². The zero-order chi connectivity index (χ0) is 18.7. The van der Waals surface area contributed by atoms with Crippen molar-refractivity contribution in [3.63, 3.8) is 0 Å². The second-order valence-electron chi connectivity index (χ2n) is 5.41. The topological polar surface area (TPSA) is 116 Å². The standard InChI is InChI=1S/C17H14N2O6S/c1-24-17(14-3-2-8-25-14,11-4-6-12(7-5-11)19(22)23)15(16(20)21)13-9-26-10-18-13/h2-10,15H,1H3,(H,20,21). The number of hydrogen-bond donors (Lipinski definition) is 1. The number of carboxylic acids is 1. The molecule has 8 nitrogen and oxygen atoms in total. The molecule has 134 valence electrons. The number of furan rings is 1. The van der Waals surface area contributed by atoms with E-state index in [-0.39, 0.29) is 11.4 Å². The number of hydrogen-bond acceptors (Lipinski definition) is 7. The number of carbonyl (C=O) groups is 1. The van der Waals surface area contributed by atoms with Crippen molar-refractivity contribution >= 4 is 23.0 Å². The third kappa shape index (κ3) is 2.87. The number of thiazole rings is 1. The average Bonchev–Trinajstić information content (AvgIpc) is 3.33. The quantitative estimate of drug-likeness (QED) is 0.497. The minimum absolute atomic E-state index is 0.112. The number of rotatable bonds is 7. The van der Waals surface area contributed by atoms with Crippen LogP contribution in [0.1, 0.15) is 22.9 Å². The van der Waals surface area contributed by atoms with Crippen molar-refractivity contribution < 1.29 is 24.0 Å². The predicted molar refractivity (Wildman–Crippen MR) is 92.1 cm³/mol. The summed E-state index contributed by atoms with van der Waals surface area (Å²) < 4.78 is 11.2. The molecule has 0 radical (unpaired) electrons. The zero-order valence-electron chi connectivity index (χ0n) is 13.6. The Morgan fingerprint density at radius 3 is 2.58 bits per heavy atom. The minimum Gasteiger partial charge on any atom is -0.481 e. The van der Waals surface area contributed by atoms with Crippen LogP contribution >= 0.6 is 11.3 Å². The molecular formula is C17H14N2O6S. The summed E-state index contributed by atoms with van der Waals surface area (Å²) in [6, 6.07) is 8.75. The fourth-order valence-electron chi connectivity index (χ4n) is 2.98. The first kappa shape index (κ1) is 17.8. The highest BCUT2D eigenvalue weighted by atomic mass is 32.1. The van der Waals surface area contributed by atoms with Crippen LogP contribution in [0.5, 0.6) is 0 Å². The van der Waals surface area contributed by atoms with E-state index in [2.05, 4.69) is 4.98 Å². The molecule has 9 heteroatoms. The van der Waals surface area contributed by atoms with E-state index in [1.54, 1.807) is 17.5 Å². The van der Waals surface area contributed by atoms with Gasteiger partial charge in [0.2, 0.25) is 0 Å². The van der Waals surface area contributed by atoms with E-state index < -0.39 is 22.4 Å². The third-order valence-corrected chi connectivity index (χ3v) is 4.72. The Kier molecular flexibility index (Phi) is 4.83. The summed E-state index contributed by atoms with van der Waals surface area (Å²) in [4.78, 5) is 26.7. The Bertz CT molecular complexity index is 892. The molecule has 2 atom stereocenters. The molecule has 2 unspecified atom stereocenters. The van der Waals surface area contributed by atoms with Crippen molar-refractivity contribution in [1.82, 2.24) is 4.98 Å². The normalized spacial score (nSPS) is 14.5. The molecule has 1 N–H and O–H groups in total. The molecule has 2 heterocycles. The van der Waals surface area contributed by atoms with Crippen LogP contribution in [0.2, 0.25) is 0 Å². The van der Waals surface area contributed by atoms with Crippen molar-refractivity contribution in [1.29, 1.82) is 0 Å². The van der Waals surface area contributed by atoms with Crippen molar-refractivity contribution in [2.24, 2.45) is 0 Å². The molecule has 0 spiro atoms. The average molecular weight is 374 g/mol. The molecular weight excluding hydrogens is 360 g/mol. The zero-order valence-corrected chi connectivity index (χ0v) is 14.4. The van der Waals surface area contributed by atoms with E-state index in [4.69, 9.17) is 9.15 Å². The van der Waals surface area contributed by atoms with Gasteiger partial charge in [0.1, 0.15) is 11.7 Å².